The summed E-state index contributed by atoms with van der Waals surface area (Å²) in [6, 6.07) is -0.0738. The van der Waals surface area contributed by atoms with Crippen LogP contribution in [0.2, 0.25) is 0 Å². The van der Waals surface area contributed by atoms with Crippen LogP contribution >= 0.6 is 0 Å². The Morgan fingerprint density at radius 3 is 2.52 bits per heavy atom. The van der Waals surface area contributed by atoms with Crippen LogP contribution in [0.4, 0.5) is 31.1 Å². The van der Waals surface area contributed by atoms with Crippen molar-refractivity contribution >= 4 is 6.03 Å². The van der Waals surface area contributed by atoms with Gasteiger partial charge in [0, 0.05) is 18.7 Å². The number of carbonyl (C=O) groups is 1. The summed E-state index contributed by atoms with van der Waals surface area (Å²) in [6.07, 6.45) is -7.92. The van der Waals surface area contributed by atoms with E-state index in [0.29, 0.717) is 5.56 Å². The third kappa shape index (κ3) is 6.27. The van der Waals surface area contributed by atoms with Crippen molar-refractivity contribution < 1.29 is 35.9 Å². The largest absolute Gasteiger partial charge is 0.467 e. The molecule has 2 rings (SSSR count). The molecule has 1 aromatic heterocycles. The molecule has 0 saturated heterocycles. The van der Waals surface area contributed by atoms with Crippen molar-refractivity contribution in [2.75, 3.05) is 6.61 Å². The van der Waals surface area contributed by atoms with Crippen LogP contribution in [0.1, 0.15) is 18.4 Å². The SMILES string of the molecule is O=C(NCc1cnnc(OCC(F)(F)F)c1)NC1CC(C(F)(F)F)C1. The molecule has 1 aliphatic rings. The summed E-state index contributed by atoms with van der Waals surface area (Å²) in [5, 5.41) is 11.6. The third-order valence-electron chi connectivity index (χ3n) is 3.46. The number of urea groups is 1. The van der Waals surface area contributed by atoms with E-state index in [1.165, 1.54) is 12.3 Å². The molecule has 1 heterocycles. The first-order chi connectivity index (χ1) is 11.5. The molecular weight excluding hydrogens is 358 g/mol. The molecule has 12 heteroatoms. The van der Waals surface area contributed by atoms with Gasteiger partial charge in [0.05, 0.1) is 12.1 Å². The van der Waals surface area contributed by atoms with Crippen molar-refractivity contribution in [3.05, 3.63) is 17.8 Å². The molecule has 2 N–H and O–H groups in total. The minimum absolute atomic E-state index is 0.0981. The van der Waals surface area contributed by atoms with Gasteiger partial charge in [0.15, 0.2) is 6.61 Å². The fourth-order valence-electron chi connectivity index (χ4n) is 2.13. The first-order valence-electron chi connectivity index (χ1n) is 7.15. The quantitative estimate of drug-likeness (QED) is 0.779. The maximum atomic E-state index is 12.3. The van der Waals surface area contributed by atoms with Crippen LogP contribution in [0.15, 0.2) is 12.3 Å². The topological polar surface area (TPSA) is 76.1 Å². The number of nitrogens with zero attached hydrogens (tertiary/aromatic N) is 2. The Hall–Kier alpha value is -2.27. The van der Waals surface area contributed by atoms with E-state index in [1.807, 2.05) is 0 Å². The minimum Gasteiger partial charge on any atom is -0.467 e. The molecule has 140 valence electrons. The summed E-state index contributed by atoms with van der Waals surface area (Å²) in [5.74, 6) is -1.76. The van der Waals surface area contributed by atoms with E-state index < -0.39 is 37.0 Å². The molecule has 0 aromatic carbocycles. The van der Waals surface area contributed by atoms with Gasteiger partial charge in [-0.1, -0.05) is 0 Å². The van der Waals surface area contributed by atoms with Crippen molar-refractivity contribution in [1.82, 2.24) is 20.8 Å². The Bertz CT molecular complexity index is 601. The number of rotatable bonds is 5. The van der Waals surface area contributed by atoms with Crippen LogP contribution in [0, 0.1) is 5.92 Å². The summed E-state index contributed by atoms with van der Waals surface area (Å²) in [4.78, 5) is 11.6. The molecule has 6 nitrogen and oxygen atoms in total. The zero-order valence-electron chi connectivity index (χ0n) is 12.6. The van der Waals surface area contributed by atoms with E-state index in [1.54, 1.807) is 0 Å². The smallest absolute Gasteiger partial charge is 0.422 e. The fraction of sp³-hybridized carbons (Fsp3) is 0.615. The van der Waals surface area contributed by atoms with Crippen LogP contribution in [-0.4, -0.2) is 41.2 Å². The van der Waals surface area contributed by atoms with Gasteiger partial charge in [-0.25, -0.2) is 4.79 Å². The van der Waals surface area contributed by atoms with E-state index in [4.69, 9.17) is 0 Å². The van der Waals surface area contributed by atoms with Gasteiger partial charge in [-0.05, 0) is 18.4 Å². The average molecular weight is 372 g/mol. The molecule has 0 unspecified atom stereocenters. The molecule has 2 amide bonds. The highest BCUT2D eigenvalue weighted by molar-refractivity contribution is 5.74. The number of aromatic nitrogens is 2. The van der Waals surface area contributed by atoms with Gasteiger partial charge in [-0.3, -0.25) is 0 Å². The number of nitrogens with one attached hydrogen (secondary N) is 2. The van der Waals surface area contributed by atoms with Gasteiger partial charge in [0.2, 0.25) is 5.88 Å². The maximum absolute atomic E-state index is 12.3. The lowest BCUT2D eigenvalue weighted by atomic mass is 9.80. The van der Waals surface area contributed by atoms with Gasteiger partial charge < -0.3 is 15.4 Å². The van der Waals surface area contributed by atoms with Crippen LogP contribution in [0.25, 0.3) is 0 Å². The molecule has 1 aromatic rings. The fourth-order valence-corrected chi connectivity index (χ4v) is 2.13. The summed E-state index contributed by atoms with van der Waals surface area (Å²) < 4.78 is 77.6. The Balaban J connectivity index is 1.73. The summed E-state index contributed by atoms with van der Waals surface area (Å²) in [7, 11) is 0. The minimum atomic E-state index is -4.52. The van der Waals surface area contributed by atoms with Crippen LogP contribution in [0.3, 0.4) is 0 Å². The number of carbonyl (C=O) groups excluding carboxylic acids is 1. The van der Waals surface area contributed by atoms with Crippen molar-refractivity contribution in [2.24, 2.45) is 5.92 Å². The summed E-state index contributed by atoms with van der Waals surface area (Å²) in [6.45, 7) is -1.62. The van der Waals surface area contributed by atoms with Gasteiger partial charge in [-0.2, -0.15) is 31.4 Å². The maximum Gasteiger partial charge on any atom is 0.422 e. The third-order valence-corrected chi connectivity index (χ3v) is 3.46. The molecular formula is C13H14F6N4O2. The predicted octanol–water partition coefficient (Wildman–Crippen LogP) is 2.56. The number of amides is 2. The number of halogens is 6. The number of alkyl halides is 6. The second-order valence-corrected chi connectivity index (χ2v) is 5.54. The van der Waals surface area contributed by atoms with E-state index in [-0.39, 0.29) is 25.3 Å². The first kappa shape index (κ1) is 19.1. The van der Waals surface area contributed by atoms with Gasteiger partial charge in [-0.15, -0.1) is 5.10 Å². The normalized spacial score (nSPS) is 20.6. The van der Waals surface area contributed by atoms with Crippen LogP contribution in [0.5, 0.6) is 5.88 Å². The van der Waals surface area contributed by atoms with E-state index in [2.05, 4.69) is 25.6 Å². The highest BCUT2D eigenvalue weighted by Crippen LogP contribution is 2.40. The molecule has 0 bridgehead atoms. The average Bonchev–Trinajstić information content (AvgIpc) is 2.45. The van der Waals surface area contributed by atoms with Crippen molar-refractivity contribution in [3.8, 4) is 5.88 Å². The lowest BCUT2D eigenvalue weighted by Gasteiger charge is -2.36. The second kappa shape index (κ2) is 7.31. The van der Waals surface area contributed by atoms with Crippen molar-refractivity contribution in [3.63, 3.8) is 0 Å². The highest BCUT2D eigenvalue weighted by atomic mass is 19.4. The first-order valence-corrected chi connectivity index (χ1v) is 7.15. The predicted molar refractivity (Wildman–Crippen MR) is 71.5 cm³/mol. The number of hydrogen-bond acceptors (Lipinski definition) is 4. The number of ether oxygens (including phenoxy) is 1. The standard InChI is InChI=1S/C13H14F6N4O2/c14-12(15,16)6-25-10-1-7(5-21-23-10)4-20-11(24)22-9-2-8(3-9)13(17,18)19/h1,5,8-9H,2-4,6H2,(H2,20,22,24). The molecule has 0 atom stereocenters. The molecule has 0 radical (unpaired) electrons. The molecule has 1 fully saturated rings. The summed E-state index contributed by atoms with van der Waals surface area (Å²) in [5.41, 5.74) is 0.323. The second-order valence-electron chi connectivity index (χ2n) is 5.54. The Morgan fingerprint density at radius 1 is 1.24 bits per heavy atom. The van der Waals surface area contributed by atoms with Crippen molar-refractivity contribution in [2.45, 2.75) is 37.8 Å². The van der Waals surface area contributed by atoms with Crippen LogP contribution in [-0.2, 0) is 6.54 Å². The monoisotopic (exact) mass is 372 g/mol. The van der Waals surface area contributed by atoms with Gasteiger partial charge in [0.1, 0.15) is 0 Å². The lowest BCUT2D eigenvalue weighted by Crippen LogP contribution is -2.51. The van der Waals surface area contributed by atoms with E-state index in [0.717, 1.165) is 0 Å². The zero-order valence-corrected chi connectivity index (χ0v) is 12.6. The number of hydrogen-bond donors (Lipinski definition) is 2. The molecule has 1 saturated carbocycles. The van der Waals surface area contributed by atoms with Gasteiger partial charge in [0.25, 0.3) is 0 Å². The van der Waals surface area contributed by atoms with Crippen LogP contribution < -0.4 is 15.4 Å². The Labute approximate surface area is 137 Å². The summed E-state index contributed by atoms with van der Waals surface area (Å²) >= 11 is 0. The Morgan fingerprint density at radius 2 is 1.92 bits per heavy atom. The highest BCUT2D eigenvalue weighted by Gasteiger charge is 2.48. The molecule has 1 aliphatic carbocycles. The van der Waals surface area contributed by atoms with E-state index in [9.17, 15) is 31.1 Å². The lowest BCUT2D eigenvalue weighted by molar-refractivity contribution is -0.198. The molecule has 25 heavy (non-hydrogen) atoms. The van der Waals surface area contributed by atoms with Gasteiger partial charge >= 0.3 is 18.4 Å². The van der Waals surface area contributed by atoms with Crippen molar-refractivity contribution in [1.29, 1.82) is 0 Å². The zero-order chi connectivity index (χ0) is 18.7. The van der Waals surface area contributed by atoms with E-state index >= 15 is 0 Å². The molecule has 0 aliphatic heterocycles. The Kier molecular flexibility index (Phi) is 5.58. The molecule has 0 spiro atoms.